The third kappa shape index (κ3) is 4.24. The third-order valence-electron chi connectivity index (χ3n) is 6.53. The summed E-state index contributed by atoms with van der Waals surface area (Å²) in [6.45, 7) is 6.41. The van der Waals surface area contributed by atoms with Crippen LogP contribution in [-0.2, 0) is 6.42 Å². The maximum absolute atomic E-state index is 6.72. The van der Waals surface area contributed by atoms with Gasteiger partial charge >= 0.3 is 0 Å². The molecule has 5 aromatic rings. The lowest BCUT2D eigenvalue weighted by molar-refractivity contribution is 0.228. The number of aryl methyl sites for hydroxylation is 1. The van der Waals surface area contributed by atoms with E-state index in [-0.39, 0.29) is 12.2 Å². The Kier molecular flexibility index (Phi) is 6.22. The van der Waals surface area contributed by atoms with E-state index < -0.39 is 0 Å². The van der Waals surface area contributed by atoms with E-state index in [1.165, 1.54) is 5.56 Å². The molecule has 5 rings (SSSR count). The number of fused-ring (bicyclic) bond motifs is 2. The van der Waals surface area contributed by atoms with Gasteiger partial charge in [0.2, 0.25) is 0 Å². The summed E-state index contributed by atoms with van der Waals surface area (Å²) in [4.78, 5) is 0. The van der Waals surface area contributed by atoms with Crippen LogP contribution in [0, 0.1) is 0 Å². The third-order valence-corrected chi connectivity index (χ3v) is 6.53. The summed E-state index contributed by atoms with van der Waals surface area (Å²) >= 11 is 0. The highest BCUT2D eigenvalue weighted by Crippen LogP contribution is 2.45. The van der Waals surface area contributed by atoms with Crippen molar-refractivity contribution in [2.45, 2.75) is 39.4 Å². The molecule has 0 bridgehead atoms. The van der Waals surface area contributed by atoms with Crippen molar-refractivity contribution in [3.05, 3.63) is 120 Å². The monoisotopic (exact) mass is 446 g/mol. The van der Waals surface area contributed by atoms with E-state index in [4.69, 9.17) is 9.47 Å². The molecule has 0 aromatic heterocycles. The van der Waals surface area contributed by atoms with Crippen molar-refractivity contribution in [1.29, 1.82) is 0 Å². The molecule has 2 heteroatoms. The smallest absolute Gasteiger partial charge is 0.136 e. The molecule has 2 unspecified atom stereocenters. The summed E-state index contributed by atoms with van der Waals surface area (Å²) < 4.78 is 13.4. The van der Waals surface area contributed by atoms with E-state index in [2.05, 4.69) is 112 Å². The normalized spacial score (nSPS) is 13.0. The SMILES string of the molecule is CCc1ccc2c(OC(C)c3ccccc3)c3ccccc3c(OC(C)c3ccccc3)c2c1. The van der Waals surface area contributed by atoms with Crippen molar-refractivity contribution in [3.63, 3.8) is 0 Å². The molecule has 0 spiro atoms. The predicted octanol–water partition coefficient (Wildman–Crippen LogP) is 8.84. The molecule has 0 saturated heterocycles. The molecule has 0 radical (unpaired) electrons. The minimum atomic E-state index is -0.0758. The largest absolute Gasteiger partial charge is 0.485 e. The number of rotatable bonds is 7. The van der Waals surface area contributed by atoms with Gasteiger partial charge in [0, 0.05) is 21.5 Å². The van der Waals surface area contributed by atoms with Gasteiger partial charge < -0.3 is 9.47 Å². The lowest BCUT2D eigenvalue weighted by Crippen LogP contribution is -2.06. The highest BCUT2D eigenvalue weighted by molar-refractivity contribution is 6.11. The molecule has 2 atom stereocenters. The summed E-state index contributed by atoms with van der Waals surface area (Å²) in [5.41, 5.74) is 3.59. The molecular formula is C32H30O2. The van der Waals surface area contributed by atoms with E-state index in [0.717, 1.165) is 50.6 Å². The molecule has 0 fully saturated rings. The van der Waals surface area contributed by atoms with Gasteiger partial charge in [0.1, 0.15) is 23.7 Å². The molecule has 0 N–H and O–H groups in total. The Morgan fingerprint density at radius 2 is 0.971 bits per heavy atom. The minimum Gasteiger partial charge on any atom is -0.485 e. The van der Waals surface area contributed by atoms with Crippen LogP contribution in [0.1, 0.15) is 49.7 Å². The highest BCUT2D eigenvalue weighted by Gasteiger charge is 2.20. The van der Waals surface area contributed by atoms with E-state index in [1.54, 1.807) is 0 Å². The Balaban J connectivity index is 1.70. The summed E-state index contributed by atoms with van der Waals surface area (Å²) in [7, 11) is 0. The Labute approximate surface area is 201 Å². The van der Waals surface area contributed by atoms with Crippen molar-refractivity contribution in [1.82, 2.24) is 0 Å². The first-order chi connectivity index (χ1) is 16.7. The maximum atomic E-state index is 6.72. The van der Waals surface area contributed by atoms with Gasteiger partial charge in [0.25, 0.3) is 0 Å². The highest BCUT2D eigenvalue weighted by atomic mass is 16.5. The quantitative estimate of drug-likeness (QED) is 0.232. The molecule has 0 heterocycles. The molecule has 34 heavy (non-hydrogen) atoms. The molecule has 0 aliphatic rings. The fourth-order valence-electron chi connectivity index (χ4n) is 4.56. The van der Waals surface area contributed by atoms with E-state index in [0.29, 0.717) is 0 Å². The Morgan fingerprint density at radius 3 is 1.47 bits per heavy atom. The van der Waals surface area contributed by atoms with Crippen LogP contribution in [0.4, 0.5) is 0 Å². The molecule has 0 amide bonds. The second kappa shape index (κ2) is 9.61. The maximum Gasteiger partial charge on any atom is 0.136 e. The van der Waals surface area contributed by atoms with Gasteiger partial charge in [-0.15, -0.1) is 0 Å². The Morgan fingerprint density at radius 1 is 0.529 bits per heavy atom. The summed E-state index contributed by atoms with van der Waals surface area (Å²) in [5.74, 6) is 1.82. The number of ether oxygens (including phenoxy) is 2. The van der Waals surface area contributed by atoms with Crippen molar-refractivity contribution in [2.24, 2.45) is 0 Å². The van der Waals surface area contributed by atoms with Crippen LogP contribution in [-0.4, -0.2) is 0 Å². The van der Waals surface area contributed by atoms with Gasteiger partial charge in [-0.3, -0.25) is 0 Å². The molecule has 0 aliphatic carbocycles. The molecule has 170 valence electrons. The fourth-order valence-corrected chi connectivity index (χ4v) is 4.56. The van der Waals surface area contributed by atoms with Gasteiger partial charge in [-0.2, -0.15) is 0 Å². The summed E-state index contributed by atoms with van der Waals surface area (Å²) in [5, 5.41) is 4.31. The average Bonchev–Trinajstić information content (AvgIpc) is 2.90. The van der Waals surface area contributed by atoms with Gasteiger partial charge in [-0.25, -0.2) is 0 Å². The summed E-state index contributed by atoms with van der Waals surface area (Å²) in [6.07, 6.45) is 0.814. The predicted molar refractivity (Wildman–Crippen MR) is 142 cm³/mol. The zero-order chi connectivity index (χ0) is 23.5. The minimum absolute atomic E-state index is 0.0753. The Bertz CT molecular complexity index is 1410. The zero-order valence-electron chi connectivity index (χ0n) is 20.0. The van der Waals surface area contributed by atoms with Crippen molar-refractivity contribution < 1.29 is 9.47 Å². The van der Waals surface area contributed by atoms with Crippen LogP contribution >= 0.6 is 0 Å². The zero-order valence-corrected chi connectivity index (χ0v) is 20.0. The van der Waals surface area contributed by atoms with Crippen LogP contribution in [0.3, 0.4) is 0 Å². The number of hydrogen-bond acceptors (Lipinski definition) is 2. The van der Waals surface area contributed by atoms with Crippen LogP contribution in [0.15, 0.2) is 103 Å². The first kappa shape index (κ1) is 22.0. The van der Waals surface area contributed by atoms with Gasteiger partial charge in [-0.05, 0) is 43.0 Å². The Hall–Kier alpha value is -3.78. The molecule has 2 nitrogen and oxygen atoms in total. The average molecular weight is 447 g/mol. The van der Waals surface area contributed by atoms with Crippen molar-refractivity contribution in [2.75, 3.05) is 0 Å². The van der Waals surface area contributed by atoms with Crippen LogP contribution < -0.4 is 9.47 Å². The standard InChI is InChI=1S/C32H30O2/c1-4-24-19-20-29-30(21-24)32(34-23(3)26-15-9-6-10-16-26)28-18-12-11-17-27(28)31(29)33-22(2)25-13-7-5-8-14-25/h5-23H,4H2,1-3H3. The topological polar surface area (TPSA) is 18.5 Å². The van der Waals surface area contributed by atoms with E-state index in [9.17, 15) is 0 Å². The van der Waals surface area contributed by atoms with Gasteiger partial charge in [0.15, 0.2) is 0 Å². The fraction of sp³-hybridized carbons (Fsp3) is 0.188. The van der Waals surface area contributed by atoms with Crippen molar-refractivity contribution in [3.8, 4) is 11.5 Å². The van der Waals surface area contributed by atoms with Crippen LogP contribution in [0.25, 0.3) is 21.5 Å². The summed E-state index contributed by atoms with van der Waals surface area (Å²) in [6, 6.07) is 35.8. The second-order valence-corrected chi connectivity index (χ2v) is 8.78. The van der Waals surface area contributed by atoms with E-state index in [1.807, 2.05) is 12.1 Å². The van der Waals surface area contributed by atoms with Gasteiger partial charge in [-0.1, -0.05) is 104 Å². The molecular weight excluding hydrogens is 416 g/mol. The lowest BCUT2D eigenvalue weighted by atomic mass is 9.97. The number of hydrogen-bond donors (Lipinski definition) is 0. The number of benzene rings is 5. The molecule has 5 aromatic carbocycles. The van der Waals surface area contributed by atoms with E-state index >= 15 is 0 Å². The van der Waals surface area contributed by atoms with Gasteiger partial charge in [0.05, 0.1) is 0 Å². The van der Waals surface area contributed by atoms with Crippen molar-refractivity contribution >= 4 is 21.5 Å². The van der Waals surface area contributed by atoms with Crippen LogP contribution in [0.2, 0.25) is 0 Å². The van der Waals surface area contributed by atoms with Crippen LogP contribution in [0.5, 0.6) is 11.5 Å². The molecule has 0 saturated carbocycles. The molecule has 0 aliphatic heterocycles. The second-order valence-electron chi connectivity index (χ2n) is 8.78. The lowest BCUT2D eigenvalue weighted by Gasteiger charge is -2.23. The first-order valence-corrected chi connectivity index (χ1v) is 12.1. The first-order valence-electron chi connectivity index (χ1n) is 12.1.